The summed E-state index contributed by atoms with van der Waals surface area (Å²) in [6, 6.07) is 9.10. The molecular formula is C22H34O. The van der Waals surface area contributed by atoms with Crippen LogP contribution >= 0.6 is 0 Å². The van der Waals surface area contributed by atoms with Gasteiger partial charge in [0.05, 0.1) is 13.2 Å². The van der Waals surface area contributed by atoms with Gasteiger partial charge in [0, 0.05) is 0 Å². The van der Waals surface area contributed by atoms with Crippen LogP contribution in [0.25, 0.3) is 0 Å². The van der Waals surface area contributed by atoms with Crippen molar-refractivity contribution in [3.8, 4) is 0 Å². The van der Waals surface area contributed by atoms with Crippen molar-refractivity contribution >= 4 is 0 Å². The SMILES string of the molecule is C=CCOCc1ccc(C2CCC(CCCCCC)CC2)cc1. The lowest BCUT2D eigenvalue weighted by molar-refractivity contribution is 0.149. The molecule has 1 saturated carbocycles. The standard InChI is InChI=1S/C22H34O/c1-3-5-6-7-8-19-9-13-21(14-10-19)22-15-11-20(12-16-22)18-23-17-4-2/h4,11-12,15-16,19,21H,2-3,5-10,13-14,17-18H2,1H3. The predicted octanol–water partition coefficient (Wildman–Crippen LogP) is 6.63. The molecule has 0 N–H and O–H groups in total. The summed E-state index contributed by atoms with van der Waals surface area (Å²) in [5, 5.41) is 0. The highest BCUT2D eigenvalue weighted by molar-refractivity contribution is 5.25. The van der Waals surface area contributed by atoms with Crippen LogP contribution in [0.5, 0.6) is 0 Å². The Balaban J connectivity index is 1.71. The van der Waals surface area contributed by atoms with E-state index in [0.29, 0.717) is 13.2 Å². The van der Waals surface area contributed by atoms with Crippen molar-refractivity contribution < 1.29 is 4.74 Å². The van der Waals surface area contributed by atoms with Crippen molar-refractivity contribution in [1.29, 1.82) is 0 Å². The zero-order valence-corrected chi connectivity index (χ0v) is 14.9. The lowest BCUT2D eigenvalue weighted by atomic mass is 9.77. The maximum absolute atomic E-state index is 5.51. The second kappa shape index (κ2) is 10.6. The van der Waals surface area contributed by atoms with E-state index in [9.17, 15) is 0 Å². The van der Waals surface area contributed by atoms with Crippen LogP contribution in [0.2, 0.25) is 0 Å². The second-order valence-corrected chi connectivity index (χ2v) is 7.11. The molecule has 1 nitrogen and oxygen atoms in total. The van der Waals surface area contributed by atoms with E-state index in [1.807, 2.05) is 0 Å². The highest BCUT2D eigenvalue weighted by Gasteiger charge is 2.21. The Labute approximate surface area is 143 Å². The first-order chi connectivity index (χ1) is 11.3. The third-order valence-corrected chi connectivity index (χ3v) is 5.27. The van der Waals surface area contributed by atoms with E-state index in [-0.39, 0.29) is 0 Å². The normalized spacial score (nSPS) is 21.3. The molecule has 2 rings (SSSR count). The van der Waals surface area contributed by atoms with Crippen LogP contribution in [0, 0.1) is 5.92 Å². The monoisotopic (exact) mass is 314 g/mol. The van der Waals surface area contributed by atoms with Gasteiger partial charge in [0.1, 0.15) is 0 Å². The summed E-state index contributed by atoms with van der Waals surface area (Å²) in [6.07, 6.45) is 14.5. The van der Waals surface area contributed by atoms with E-state index < -0.39 is 0 Å². The highest BCUT2D eigenvalue weighted by Crippen LogP contribution is 2.37. The average molecular weight is 315 g/mol. The molecule has 0 spiro atoms. The Bertz CT molecular complexity index is 426. The fourth-order valence-corrected chi connectivity index (χ4v) is 3.79. The van der Waals surface area contributed by atoms with Gasteiger partial charge in [-0.1, -0.05) is 69.4 Å². The van der Waals surface area contributed by atoms with Crippen LogP contribution in [0.4, 0.5) is 0 Å². The summed E-state index contributed by atoms with van der Waals surface area (Å²) in [6.45, 7) is 7.29. The fraction of sp³-hybridized carbons (Fsp3) is 0.636. The van der Waals surface area contributed by atoms with Gasteiger partial charge in [0.25, 0.3) is 0 Å². The lowest BCUT2D eigenvalue weighted by Gasteiger charge is -2.29. The first-order valence-electron chi connectivity index (χ1n) is 9.61. The van der Waals surface area contributed by atoms with Gasteiger partial charge in [0.2, 0.25) is 0 Å². The van der Waals surface area contributed by atoms with Crippen LogP contribution in [-0.2, 0) is 11.3 Å². The summed E-state index contributed by atoms with van der Waals surface area (Å²) in [5.74, 6) is 1.78. The third-order valence-electron chi connectivity index (χ3n) is 5.27. The van der Waals surface area contributed by atoms with Crippen molar-refractivity contribution in [2.24, 2.45) is 5.92 Å². The smallest absolute Gasteiger partial charge is 0.0721 e. The Morgan fingerprint density at radius 2 is 1.78 bits per heavy atom. The molecule has 0 heterocycles. The summed E-state index contributed by atoms with van der Waals surface area (Å²) in [7, 11) is 0. The molecule has 128 valence electrons. The minimum Gasteiger partial charge on any atom is -0.373 e. The van der Waals surface area contributed by atoms with E-state index in [4.69, 9.17) is 4.74 Å². The molecule has 0 amide bonds. The van der Waals surface area contributed by atoms with E-state index in [2.05, 4.69) is 37.8 Å². The first kappa shape index (κ1) is 18.3. The molecular weight excluding hydrogens is 280 g/mol. The summed E-state index contributed by atoms with van der Waals surface area (Å²) >= 11 is 0. The van der Waals surface area contributed by atoms with Gasteiger partial charge in [-0.25, -0.2) is 0 Å². The van der Waals surface area contributed by atoms with Gasteiger partial charge < -0.3 is 4.74 Å². The molecule has 1 aromatic carbocycles. The minimum absolute atomic E-state index is 0.629. The largest absolute Gasteiger partial charge is 0.373 e. The lowest BCUT2D eigenvalue weighted by Crippen LogP contribution is -2.13. The van der Waals surface area contributed by atoms with E-state index in [0.717, 1.165) is 11.8 Å². The number of rotatable bonds is 10. The highest BCUT2D eigenvalue weighted by atomic mass is 16.5. The van der Waals surface area contributed by atoms with Crippen LogP contribution in [0.15, 0.2) is 36.9 Å². The molecule has 1 heteroatoms. The fourth-order valence-electron chi connectivity index (χ4n) is 3.79. The second-order valence-electron chi connectivity index (χ2n) is 7.11. The molecule has 0 radical (unpaired) electrons. The molecule has 0 bridgehead atoms. The molecule has 1 aliphatic rings. The number of benzene rings is 1. The van der Waals surface area contributed by atoms with Gasteiger partial charge >= 0.3 is 0 Å². The Morgan fingerprint density at radius 1 is 1.04 bits per heavy atom. The quantitative estimate of drug-likeness (QED) is 0.348. The average Bonchev–Trinajstić information content (AvgIpc) is 2.60. The van der Waals surface area contributed by atoms with Crippen LogP contribution in [0.1, 0.15) is 81.8 Å². The molecule has 0 aliphatic heterocycles. The van der Waals surface area contributed by atoms with Crippen molar-refractivity contribution in [3.05, 3.63) is 48.0 Å². The zero-order valence-electron chi connectivity index (χ0n) is 14.9. The van der Waals surface area contributed by atoms with Gasteiger partial charge in [-0.2, -0.15) is 0 Å². The summed E-state index contributed by atoms with van der Waals surface area (Å²) in [4.78, 5) is 0. The molecule has 0 aromatic heterocycles. The topological polar surface area (TPSA) is 9.23 Å². The first-order valence-corrected chi connectivity index (χ1v) is 9.61. The molecule has 0 atom stereocenters. The van der Waals surface area contributed by atoms with Crippen molar-refractivity contribution in [2.75, 3.05) is 6.61 Å². The molecule has 0 unspecified atom stereocenters. The molecule has 23 heavy (non-hydrogen) atoms. The third kappa shape index (κ3) is 6.51. The summed E-state index contributed by atoms with van der Waals surface area (Å²) < 4.78 is 5.51. The van der Waals surface area contributed by atoms with Gasteiger partial charge in [-0.3, -0.25) is 0 Å². The Morgan fingerprint density at radius 3 is 2.43 bits per heavy atom. The van der Waals surface area contributed by atoms with Crippen LogP contribution < -0.4 is 0 Å². The maximum atomic E-state index is 5.51. The molecule has 1 aromatic rings. The predicted molar refractivity (Wildman–Crippen MR) is 99.8 cm³/mol. The number of hydrogen-bond donors (Lipinski definition) is 0. The van der Waals surface area contributed by atoms with Gasteiger partial charge in [-0.15, -0.1) is 6.58 Å². The van der Waals surface area contributed by atoms with E-state index in [1.165, 1.54) is 68.9 Å². The molecule has 1 aliphatic carbocycles. The van der Waals surface area contributed by atoms with Gasteiger partial charge in [0.15, 0.2) is 0 Å². The number of ether oxygens (including phenoxy) is 1. The maximum Gasteiger partial charge on any atom is 0.0721 e. The van der Waals surface area contributed by atoms with Crippen molar-refractivity contribution in [1.82, 2.24) is 0 Å². The van der Waals surface area contributed by atoms with Crippen molar-refractivity contribution in [2.45, 2.75) is 77.2 Å². The summed E-state index contributed by atoms with van der Waals surface area (Å²) in [5.41, 5.74) is 2.79. The van der Waals surface area contributed by atoms with Crippen LogP contribution in [0.3, 0.4) is 0 Å². The van der Waals surface area contributed by atoms with Crippen LogP contribution in [-0.4, -0.2) is 6.61 Å². The minimum atomic E-state index is 0.629. The molecule has 1 fully saturated rings. The van der Waals surface area contributed by atoms with Gasteiger partial charge in [-0.05, 0) is 48.6 Å². The van der Waals surface area contributed by atoms with Crippen molar-refractivity contribution in [3.63, 3.8) is 0 Å². The van der Waals surface area contributed by atoms with E-state index >= 15 is 0 Å². The number of hydrogen-bond acceptors (Lipinski definition) is 1. The zero-order chi connectivity index (χ0) is 16.3. The molecule has 0 saturated heterocycles. The number of unbranched alkanes of at least 4 members (excludes halogenated alkanes) is 3. The Kier molecular flexibility index (Phi) is 8.46. The Hall–Kier alpha value is -1.08. The van der Waals surface area contributed by atoms with E-state index in [1.54, 1.807) is 6.08 Å².